The zero-order valence-corrected chi connectivity index (χ0v) is 20.9. The van der Waals surface area contributed by atoms with Crippen molar-refractivity contribution in [3.63, 3.8) is 0 Å². The average Bonchev–Trinajstić information content (AvgIpc) is 2.90. The number of aromatic nitrogens is 1. The first-order chi connectivity index (χ1) is 17.1. The van der Waals surface area contributed by atoms with Crippen molar-refractivity contribution in [3.8, 4) is 0 Å². The average molecular weight is 474 g/mol. The molecule has 1 aromatic heterocycles. The Hall–Kier alpha value is -3.42. The number of rotatable bonds is 9. The van der Waals surface area contributed by atoms with Crippen LogP contribution in [0.4, 0.5) is 22.9 Å². The van der Waals surface area contributed by atoms with Gasteiger partial charge >= 0.3 is 0 Å². The molecule has 4 rings (SSSR count). The summed E-state index contributed by atoms with van der Waals surface area (Å²) in [6, 6.07) is 18.0. The van der Waals surface area contributed by atoms with Gasteiger partial charge in [0.15, 0.2) is 0 Å². The molecule has 2 aromatic carbocycles. The van der Waals surface area contributed by atoms with E-state index in [1.165, 1.54) is 5.56 Å². The van der Waals surface area contributed by atoms with E-state index in [4.69, 9.17) is 4.74 Å². The van der Waals surface area contributed by atoms with Gasteiger partial charge in [-0.1, -0.05) is 32.0 Å². The highest BCUT2D eigenvalue weighted by Gasteiger charge is 2.15. The Morgan fingerprint density at radius 3 is 2.43 bits per heavy atom. The number of morpholine rings is 1. The lowest BCUT2D eigenvalue weighted by Crippen LogP contribution is -2.36. The van der Waals surface area contributed by atoms with Crippen LogP contribution in [0.5, 0.6) is 0 Å². The monoisotopic (exact) mass is 473 g/mol. The third-order valence-electron chi connectivity index (χ3n) is 6.37. The van der Waals surface area contributed by atoms with Crippen LogP contribution in [0.3, 0.4) is 0 Å². The Morgan fingerprint density at radius 2 is 1.71 bits per heavy atom. The zero-order chi connectivity index (χ0) is 24.6. The number of nitrogens with one attached hydrogen (secondary N) is 2. The molecule has 1 aliphatic heterocycles. The highest BCUT2D eigenvalue weighted by atomic mass is 16.5. The number of nitrogens with zero attached hydrogens (tertiary/aromatic N) is 3. The van der Waals surface area contributed by atoms with Crippen LogP contribution in [0.15, 0.2) is 60.8 Å². The standard InChI is InChI=1S/C28H35N5O2/c1-4-32(5-2)20-22-7-10-24(11-8-22)30-26-19-25(9-6-21(26)3)31-28(34)23-12-13-29-27(18-23)33-14-16-35-17-15-33/h6-13,18-19,30H,4-5,14-17,20H2,1-3H3,(H,31,34). The lowest BCUT2D eigenvalue weighted by atomic mass is 10.1. The van der Waals surface area contributed by atoms with Crippen molar-refractivity contribution in [3.05, 3.63) is 77.5 Å². The quantitative estimate of drug-likeness (QED) is 0.453. The van der Waals surface area contributed by atoms with Gasteiger partial charge in [0.1, 0.15) is 5.82 Å². The predicted octanol–water partition coefficient (Wildman–Crippen LogP) is 5.06. The van der Waals surface area contributed by atoms with Crippen molar-refractivity contribution in [2.24, 2.45) is 0 Å². The number of carbonyl (C=O) groups is 1. The summed E-state index contributed by atoms with van der Waals surface area (Å²) >= 11 is 0. The van der Waals surface area contributed by atoms with Crippen molar-refractivity contribution < 1.29 is 9.53 Å². The van der Waals surface area contributed by atoms with Crippen LogP contribution in [0.25, 0.3) is 0 Å². The molecular formula is C28H35N5O2. The van der Waals surface area contributed by atoms with Crippen molar-refractivity contribution in [2.75, 3.05) is 54.9 Å². The molecule has 35 heavy (non-hydrogen) atoms. The summed E-state index contributed by atoms with van der Waals surface area (Å²) in [7, 11) is 0. The van der Waals surface area contributed by atoms with Crippen LogP contribution in [0.1, 0.15) is 35.3 Å². The number of hydrogen-bond donors (Lipinski definition) is 2. The van der Waals surface area contributed by atoms with E-state index in [2.05, 4.69) is 70.5 Å². The number of aryl methyl sites for hydroxylation is 1. The molecular weight excluding hydrogens is 438 g/mol. The fourth-order valence-electron chi connectivity index (χ4n) is 4.12. The third kappa shape index (κ3) is 6.59. The number of hydrogen-bond acceptors (Lipinski definition) is 6. The number of pyridine rings is 1. The topological polar surface area (TPSA) is 69.7 Å². The third-order valence-corrected chi connectivity index (χ3v) is 6.37. The highest BCUT2D eigenvalue weighted by molar-refractivity contribution is 6.05. The summed E-state index contributed by atoms with van der Waals surface area (Å²) < 4.78 is 5.41. The molecule has 1 saturated heterocycles. The summed E-state index contributed by atoms with van der Waals surface area (Å²) in [5.74, 6) is 0.647. The van der Waals surface area contributed by atoms with Gasteiger partial charge in [-0.15, -0.1) is 0 Å². The Labute approximate surface area is 208 Å². The molecule has 3 aromatic rings. The number of ether oxygens (including phenoxy) is 1. The molecule has 0 unspecified atom stereocenters. The van der Waals surface area contributed by atoms with Crippen LogP contribution >= 0.6 is 0 Å². The Kier molecular flexibility index (Phi) is 8.34. The maximum absolute atomic E-state index is 13.0. The first-order valence-corrected chi connectivity index (χ1v) is 12.3. The molecule has 0 bridgehead atoms. The molecule has 0 atom stereocenters. The fraction of sp³-hybridized carbons (Fsp3) is 0.357. The van der Waals surface area contributed by atoms with Crippen LogP contribution in [-0.4, -0.2) is 55.2 Å². The number of carbonyl (C=O) groups excluding carboxylic acids is 1. The summed E-state index contributed by atoms with van der Waals surface area (Å²) in [5.41, 5.74) is 5.71. The van der Waals surface area contributed by atoms with Crippen molar-refractivity contribution in [1.29, 1.82) is 0 Å². The predicted molar refractivity (Wildman–Crippen MR) is 143 cm³/mol. The van der Waals surface area contributed by atoms with Gasteiger partial charge in [-0.2, -0.15) is 0 Å². The molecule has 1 amide bonds. The summed E-state index contributed by atoms with van der Waals surface area (Å²) in [5, 5.41) is 6.52. The van der Waals surface area contributed by atoms with Crippen molar-refractivity contribution in [2.45, 2.75) is 27.3 Å². The number of benzene rings is 2. The summed E-state index contributed by atoms with van der Waals surface area (Å²) in [6.45, 7) is 12.4. The SMILES string of the molecule is CCN(CC)Cc1ccc(Nc2cc(NC(=O)c3ccnc(N4CCOCC4)c3)ccc2C)cc1. The van der Waals surface area contributed by atoms with E-state index in [1.54, 1.807) is 12.3 Å². The van der Waals surface area contributed by atoms with Gasteiger partial charge in [-0.25, -0.2) is 4.98 Å². The Morgan fingerprint density at radius 1 is 1.00 bits per heavy atom. The molecule has 2 heterocycles. The van der Waals surface area contributed by atoms with E-state index in [0.29, 0.717) is 18.8 Å². The Balaban J connectivity index is 1.42. The van der Waals surface area contributed by atoms with Gasteiger partial charge in [0, 0.05) is 48.5 Å². The largest absolute Gasteiger partial charge is 0.378 e. The lowest BCUT2D eigenvalue weighted by molar-refractivity contribution is 0.102. The van der Waals surface area contributed by atoms with E-state index in [1.807, 2.05) is 24.3 Å². The van der Waals surface area contributed by atoms with Gasteiger partial charge in [-0.3, -0.25) is 9.69 Å². The van der Waals surface area contributed by atoms with Crippen molar-refractivity contribution in [1.82, 2.24) is 9.88 Å². The van der Waals surface area contributed by atoms with Gasteiger partial charge in [0.25, 0.3) is 5.91 Å². The van der Waals surface area contributed by atoms with Crippen LogP contribution in [-0.2, 0) is 11.3 Å². The van der Waals surface area contributed by atoms with E-state index >= 15 is 0 Å². The van der Waals surface area contributed by atoms with E-state index in [0.717, 1.165) is 61.2 Å². The van der Waals surface area contributed by atoms with Crippen LogP contribution in [0.2, 0.25) is 0 Å². The van der Waals surface area contributed by atoms with Crippen LogP contribution < -0.4 is 15.5 Å². The minimum absolute atomic E-state index is 0.155. The summed E-state index contributed by atoms with van der Waals surface area (Å²) in [4.78, 5) is 21.9. The molecule has 7 nitrogen and oxygen atoms in total. The van der Waals surface area contributed by atoms with E-state index < -0.39 is 0 Å². The molecule has 0 spiro atoms. The Bertz CT molecular complexity index is 1120. The summed E-state index contributed by atoms with van der Waals surface area (Å²) in [6.07, 6.45) is 1.69. The van der Waals surface area contributed by atoms with Crippen LogP contribution in [0, 0.1) is 6.92 Å². The number of anilines is 4. The minimum Gasteiger partial charge on any atom is -0.378 e. The second-order valence-corrected chi connectivity index (χ2v) is 8.77. The normalized spacial score (nSPS) is 13.7. The zero-order valence-electron chi connectivity index (χ0n) is 20.9. The lowest BCUT2D eigenvalue weighted by Gasteiger charge is -2.27. The smallest absolute Gasteiger partial charge is 0.255 e. The first kappa shape index (κ1) is 24.7. The molecule has 7 heteroatoms. The maximum atomic E-state index is 13.0. The van der Waals surface area contributed by atoms with Gasteiger partial charge in [0.05, 0.1) is 13.2 Å². The molecule has 1 aliphatic rings. The van der Waals surface area contributed by atoms with Crippen molar-refractivity contribution >= 4 is 28.8 Å². The maximum Gasteiger partial charge on any atom is 0.255 e. The molecule has 0 saturated carbocycles. The second-order valence-electron chi connectivity index (χ2n) is 8.77. The van der Waals surface area contributed by atoms with Gasteiger partial charge < -0.3 is 20.3 Å². The van der Waals surface area contributed by atoms with Gasteiger partial charge in [0.2, 0.25) is 0 Å². The van der Waals surface area contributed by atoms with E-state index in [-0.39, 0.29) is 5.91 Å². The fourth-order valence-corrected chi connectivity index (χ4v) is 4.12. The molecule has 0 aliphatic carbocycles. The molecule has 1 fully saturated rings. The minimum atomic E-state index is -0.155. The number of amides is 1. The molecule has 2 N–H and O–H groups in total. The first-order valence-electron chi connectivity index (χ1n) is 12.3. The van der Waals surface area contributed by atoms with Gasteiger partial charge in [-0.05, 0) is 67.5 Å². The van der Waals surface area contributed by atoms with E-state index in [9.17, 15) is 4.79 Å². The molecule has 0 radical (unpaired) electrons. The second kappa shape index (κ2) is 11.8. The highest BCUT2D eigenvalue weighted by Crippen LogP contribution is 2.25. The molecule has 184 valence electrons.